The second kappa shape index (κ2) is 8.20. The summed E-state index contributed by atoms with van der Waals surface area (Å²) in [6, 6.07) is 1.73. The summed E-state index contributed by atoms with van der Waals surface area (Å²) in [7, 11) is 0. The molecule has 0 bridgehead atoms. The van der Waals surface area contributed by atoms with Crippen LogP contribution in [0, 0.1) is 11.6 Å². The molecule has 10 heteroatoms. The van der Waals surface area contributed by atoms with Gasteiger partial charge in [-0.1, -0.05) is 12.2 Å². The molecule has 1 aliphatic carbocycles. The van der Waals surface area contributed by atoms with Crippen LogP contribution in [0.1, 0.15) is 36.0 Å². The molecule has 6 nitrogen and oxygen atoms in total. The highest BCUT2D eigenvalue weighted by molar-refractivity contribution is 6.35. The highest BCUT2D eigenvalue weighted by Gasteiger charge is 2.38. The Hall–Kier alpha value is -2.71. The predicted molar refractivity (Wildman–Crippen MR) is 109 cm³/mol. The van der Waals surface area contributed by atoms with E-state index < -0.39 is 34.0 Å². The van der Waals surface area contributed by atoms with Gasteiger partial charge in [0.15, 0.2) is 5.82 Å². The van der Waals surface area contributed by atoms with Gasteiger partial charge < -0.3 is 15.2 Å². The maximum Gasteiger partial charge on any atom is 0.516 e. The predicted octanol–water partition coefficient (Wildman–Crippen LogP) is 4.82. The molecule has 2 aromatic rings. The first kappa shape index (κ1) is 22.0. The highest BCUT2D eigenvalue weighted by Crippen LogP contribution is 2.48. The third-order valence-electron chi connectivity index (χ3n) is 4.49. The third kappa shape index (κ3) is 3.85. The van der Waals surface area contributed by atoms with Crippen LogP contribution in [0.2, 0.25) is 0 Å². The quantitative estimate of drug-likeness (QED) is 0.308. The van der Waals surface area contributed by atoms with Gasteiger partial charge in [-0.3, -0.25) is 0 Å². The first-order chi connectivity index (χ1) is 14.1. The van der Waals surface area contributed by atoms with Gasteiger partial charge in [0.05, 0.1) is 22.6 Å². The van der Waals surface area contributed by atoms with Gasteiger partial charge in [0.1, 0.15) is 16.9 Å². The summed E-state index contributed by atoms with van der Waals surface area (Å²) in [5, 5.41) is -0.831. The van der Waals surface area contributed by atoms with Crippen LogP contribution in [-0.4, -0.2) is 28.6 Å². The Morgan fingerprint density at radius 1 is 1.37 bits per heavy atom. The van der Waals surface area contributed by atoms with Crippen molar-refractivity contribution in [3.8, 4) is 0 Å². The minimum absolute atomic E-state index is 0.0147. The van der Waals surface area contributed by atoms with Crippen molar-refractivity contribution in [1.29, 1.82) is 0 Å². The van der Waals surface area contributed by atoms with Crippen LogP contribution < -0.4 is 5.73 Å². The summed E-state index contributed by atoms with van der Waals surface area (Å²) in [4.78, 5) is 27.1. The van der Waals surface area contributed by atoms with Gasteiger partial charge in [0.25, 0.3) is 0 Å². The van der Waals surface area contributed by atoms with Crippen molar-refractivity contribution in [2.24, 2.45) is 5.73 Å². The largest absolute Gasteiger partial charge is 0.516 e. The molecule has 1 aliphatic rings. The zero-order valence-corrected chi connectivity index (χ0v) is 17.4. The Kier molecular flexibility index (Phi) is 6.01. The molecule has 0 saturated carbocycles. The van der Waals surface area contributed by atoms with E-state index in [4.69, 9.17) is 28.9 Å². The van der Waals surface area contributed by atoms with Crippen molar-refractivity contribution in [2.45, 2.75) is 24.1 Å². The Balaban J connectivity index is 2.28. The molecule has 1 aromatic heterocycles. The number of aromatic nitrogens is 1. The number of carbonyl (C=O) groups is 2. The number of rotatable bonds is 3. The molecule has 158 valence electrons. The number of alkyl halides is 2. The van der Waals surface area contributed by atoms with Gasteiger partial charge in [-0.25, -0.2) is 23.4 Å². The second-order valence-corrected chi connectivity index (χ2v) is 7.82. The smallest absolute Gasteiger partial charge is 0.434 e. The monoisotopic (exact) mass is 456 g/mol. The number of halogens is 4. The summed E-state index contributed by atoms with van der Waals surface area (Å²) in [6.45, 7) is 3.14. The molecule has 0 aliphatic heterocycles. The normalized spacial score (nSPS) is 20.7. The Labute approximate surface area is 180 Å². The Bertz CT molecular complexity index is 1120. The fraction of sp³-hybridized carbons (Fsp3) is 0.250. The fourth-order valence-corrected chi connectivity index (χ4v) is 3.59. The van der Waals surface area contributed by atoms with Crippen molar-refractivity contribution in [1.82, 2.24) is 4.98 Å². The standard InChI is InChI=1S/C20H16Cl2F2N2O4/c1-3-29-19(28)30-18(27)12(8-25)15-10-4-5-20(2,22)17(21)14(10)11-6-9(23)7-13(24)16(11)26-15/h4-8,17H,3,25H2,1-2H3. The Morgan fingerprint density at radius 3 is 2.70 bits per heavy atom. The topological polar surface area (TPSA) is 91.5 Å². The van der Waals surface area contributed by atoms with Crippen molar-refractivity contribution in [3.05, 3.63) is 52.9 Å². The molecule has 0 radical (unpaired) electrons. The number of allylic oxidation sites excluding steroid dienone is 1. The van der Waals surface area contributed by atoms with E-state index in [2.05, 4.69) is 14.5 Å². The second-order valence-electron chi connectivity index (χ2n) is 6.57. The zero-order chi connectivity index (χ0) is 22.2. The van der Waals surface area contributed by atoms with E-state index >= 15 is 0 Å². The molecule has 2 N–H and O–H groups in total. The molecule has 0 spiro atoms. The summed E-state index contributed by atoms with van der Waals surface area (Å²) < 4.78 is 37.7. The number of esters is 1. The van der Waals surface area contributed by atoms with Gasteiger partial charge >= 0.3 is 12.1 Å². The summed E-state index contributed by atoms with van der Waals surface area (Å²) in [6.07, 6.45) is 2.71. The molecular formula is C20H16Cl2F2N2O4. The number of benzene rings is 1. The molecular weight excluding hydrogens is 441 g/mol. The number of nitrogens with two attached hydrogens (primary N) is 1. The third-order valence-corrected chi connectivity index (χ3v) is 5.62. The van der Waals surface area contributed by atoms with Gasteiger partial charge in [-0.2, -0.15) is 0 Å². The SMILES string of the molecule is CCOC(=O)OC(=O)C(=CN)c1nc2c(F)cc(F)cc2c2c1C=CC(C)(Cl)C2Cl. The first-order valence-corrected chi connectivity index (χ1v) is 9.58. The van der Waals surface area contributed by atoms with Gasteiger partial charge in [0, 0.05) is 23.2 Å². The Morgan fingerprint density at radius 2 is 2.07 bits per heavy atom. The van der Waals surface area contributed by atoms with E-state index in [0.29, 0.717) is 6.07 Å². The van der Waals surface area contributed by atoms with Crippen LogP contribution in [0.5, 0.6) is 0 Å². The van der Waals surface area contributed by atoms with E-state index in [0.717, 1.165) is 12.3 Å². The maximum absolute atomic E-state index is 14.6. The number of fused-ring (bicyclic) bond motifs is 3. The molecule has 2 atom stereocenters. The molecule has 3 rings (SSSR count). The van der Waals surface area contributed by atoms with E-state index in [1.165, 1.54) is 13.0 Å². The van der Waals surface area contributed by atoms with E-state index in [-0.39, 0.29) is 39.9 Å². The average Bonchev–Trinajstić information content (AvgIpc) is 2.65. The van der Waals surface area contributed by atoms with E-state index in [9.17, 15) is 18.4 Å². The lowest BCUT2D eigenvalue weighted by molar-refractivity contribution is -0.133. The summed E-state index contributed by atoms with van der Waals surface area (Å²) in [5.74, 6) is -2.96. The first-order valence-electron chi connectivity index (χ1n) is 8.76. The molecule has 30 heavy (non-hydrogen) atoms. The molecule has 2 unspecified atom stereocenters. The average molecular weight is 457 g/mol. The van der Waals surface area contributed by atoms with Crippen molar-refractivity contribution in [3.63, 3.8) is 0 Å². The van der Waals surface area contributed by atoms with Crippen LogP contribution in [0.25, 0.3) is 22.6 Å². The van der Waals surface area contributed by atoms with Crippen LogP contribution in [0.3, 0.4) is 0 Å². The van der Waals surface area contributed by atoms with E-state index in [1.54, 1.807) is 13.0 Å². The maximum atomic E-state index is 14.6. The van der Waals surface area contributed by atoms with Crippen molar-refractivity contribution < 1.29 is 27.8 Å². The zero-order valence-electron chi connectivity index (χ0n) is 15.8. The number of pyridine rings is 1. The van der Waals surface area contributed by atoms with Gasteiger partial charge in [0.2, 0.25) is 0 Å². The minimum atomic E-state index is -1.23. The highest BCUT2D eigenvalue weighted by atomic mass is 35.5. The number of nitrogens with zero attached hydrogens (tertiary/aromatic N) is 1. The molecule has 1 aromatic carbocycles. The lowest BCUT2D eigenvalue weighted by Crippen LogP contribution is -2.25. The number of hydrogen-bond acceptors (Lipinski definition) is 6. The van der Waals surface area contributed by atoms with Crippen LogP contribution in [-0.2, 0) is 14.3 Å². The fourth-order valence-electron chi connectivity index (χ4n) is 3.11. The van der Waals surface area contributed by atoms with Crippen LogP contribution in [0.4, 0.5) is 13.6 Å². The number of ether oxygens (including phenoxy) is 2. The summed E-state index contributed by atoms with van der Waals surface area (Å²) >= 11 is 13.0. The molecule has 0 amide bonds. The lowest BCUT2D eigenvalue weighted by atomic mass is 9.85. The lowest BCUT2D eigenvalue weighted by Gasteiger charge is -2.31. The molecule has 1 heterocycles. The van der Waals surface area contributed by atoms with Crippen molar-refractivity contribution in [2.75, 3.05) is 6.61 Å². The minimum Gasteiger partial charge on any atom is -0.434 e. The van der Waals surface area contributed by atoms with Crippen LogP contribution >= 0.6 is 23.2 Å². The number of hydrogen-bond donors (Lipinski definition) is 1. The van der Waals surface area contributed by atoms with Gasteiger partial charge in [-0.15, -0.1) is 23.2 Å². The van der Waals surface area contributed by atoms with E-state index in [1.807, 2.05) is 0 Å². The van der Waals surface area contributed by atoms with Crippen molar-refractivity contribution >= 4 is 57.9 Å². The van der Waals surface area contributed by atoms with Gasteiger partial charge in [-0.05, 0) is 25.5 Å². The molecule has 0 fully saturated rings. The summed E-state index contributed by atoms with van der Waals surface area (Å²) in [5.41, 5.74) is 5.43. The van der Waals surface area contributed by atoms with Crippen LogP contribution in [0.15, 0.2) is 24.4 Å². The molecule has 0 saturated heterocycles. The number of carbonyl (C=O) groups excluding carboxylic acids is 2.